The van der Waals surface area contributed by atoms with Crippen LogP contribution < -0.4 is 0 Å². The third kappa shape index (κ3) is 8.06. The Kier molecular flexibility index (Phi) is 10.4. The summed E-state index contributed by atoms with van der Waals surface area (Å²) in [6.07, 6.45) is 15.3. The van der Waals surface area contributed by atoms with Crippen molar-refractivity contribution < 1.29 is 9.90 Å². The number of carboxylic acid groups (broad SMARTS) is 1. The highest BCUT2D eigenvalue weighted by Crippen LogP contribution is 2.39. The predicted molar refractivity (Wildman–Crippen MR) is 156 cm³/mol. The van der Waals surface area contributed by atoms with Gasteiger partial charge in [0.25, 0.3) is 0 Å². The molecule has 0 heterocycles. The first-order valence-electron chi connectivity index (χ1n) is 14.6. The molecular formula is C35H44O2. The van der Waals surface area contributed by atoms with Crippen LogP contribution in [0.3, 0.4) is 0 Å². The van der Waals surface area contributed by atoms with E-state index in [1.807, 2.05) is 0 Å². The highest BCUT2D eigenvalue weighted by Gasteiger charge is 2.22. The Bertz CT molecular complexity index is 1090. The number of benzene rings is 3. The first-order valence-corrected chi connectivity index (χ1v) is 14.6. The molecule has 0 bridgehead atoms. The predicted octanol–water partition coefficient (Wildman–Crippen LogP) is 10.1. The van der Waals surface area contributed by atoms with Gasteiger partial charge in [-0.3, -0.25) is 4.79 Å². The average molecular weight is 497 g/mol. The van der Waals surface area contributed by atoms with Crippen molar-refractivity contribution in [3.63, 3.8) is 0 Å². The molecule has 2 nitrogen and oxygen atoms in total. The minimum atomic E-state index is -0.708. The van der Waals surface area contributed by atoms with E-state index in [0.29, 0.717) is 0 Å². The van der Waals surface area contributed by atoms with E-state index >= 15 is 0 Å². The van der Waals surface area contributed by atoms with Crippen LogP contribution in [0.5, 0.6) is 0 Å². The fraction of sp³-hybridized carbons (Fsp3) is 0.457. The summed E-state index contributed by atoms with van der Waals surface area (Å²) in [5.74, 6) is 0.968. The van der Waals surface area contributed by atoms with Crippen molar-refractivity contribution in [2.45, 2.75) is 96.3 Å². The van der Waals surface area contributed by atoms with E-state index < -0.39 is 5.97 Å². The Balaban J connectivity index is 1.36. The molecule has 196 valence electrons. The molecule has 0 aromatic heterocycles. The highest BCUT2D eigenvalue weighted by atomic mass is 16.4. The van der Waals surface area contributed by atoms with Crippen molar-refractivity contribution in [1.82, 2.24) is 0 Å². The van der Waals surface area contributed by atoms with Gasteiger partial charge in [0.15, 0.2) is 0 Å². The molecule has 4 rings (SSSR count). The van der Waals surface area contributed by atoms with Crippen molar-refractivity contribution in [1.29, 1.82) is 0 Å². The van der Waals surface area contributed by atoms with Crippen LogP contribution in [0.4, 0.5) is 0 Å². The van der Waals surface area contributed by atoms with E-state index in [2.05, 4.69) is 79.7 Å². The minimum absolute atomic E-state index is 0.255. The smallest absolute Gasteiger partial charge is 0.303 e. The lowest BCUT2D eigenvalue weighted by Gasteiger charge is -2.29. The molecule has 1 aliphatic carbocycles. The van der Waals surface area contributed by atoms with E-state index in [9.17, 15) is 4.79 Å². The van der Waals surface area contributed by atoms with Gasteiger partial charge in [-0.1, -0.05) is 112 Å². The van der Waals surface area contributed by atoms with E-state index in [0.717, 1.165) is 31.1 Å². The van der Waals surface area contributed by atoms with Gasteiger partial charge in [0, 0.05) is 6.42 Å². The maximum atomic E-state index is 10.7. The largest absolute Gasteiger partial charge is 0.481 e. The topological polar surface area (TPSA) is 37.3 Å². The monoisotopic (exact) mass is 496 g/mol. The summed E-state index contributed by atoms with van der Waals surface area (Å²) in [4.78, 5) is 10.7. The summed E-state index contributed by atoms with van der Waals surface area (Å²) >= 11 is 0. The number of carbonyl (C=O) groups is 1. The SMILES string of the molecule is CCCCCCC1CCC(c2ccc(-c3ccccc3-c3ccc(CCCCC(=O)O)cc3)cc2)CC1. The van der Waals surface area contributed by atoms with Crippen LogP contribution in [0.2, 0.25) is 0 Å². The Morgan fingerprint density at radius 2 is 1.35 bits per heavy atom. The third-order valence-corrected chi connectivity index (χ3v) is 8.30. The number of hydrogen-bond acceptors (Lipinski definition) is 1. The summed E-state index contributed by atoms with van der Waals surface area (Å²) < 4.78 is 0. The summed E-state index contributed by atoms with van der Waals surface area (Å²) in [7, 11) is 0. The van der Waals surface area contributed by atoms with Gasteiger partial charge in [-0.2, -0.15) is 0 Å². The van der Waals surface area contributed by atoms with Crippen LogP contribution in [0.1, 0.15) is 101 Å². The van der Waals surface area contributed by atoms with Crippen LogP contribution in [0.15, 0.2) is 72.8 Å². The molecular weight excluding hydrogens is 452 g/mol. The number of aryl methyl sites for hydroxylation is 1. The summed E-state index contributed by atoms with van der Waals surface area (Å²) in [5, 5.41) is 8.82. The minimum Gasteiger partial charge on any atom is -0.481 e. The number of unbranched alkanes of at least 4 members (excludes halogenated alkanes) is 4. The molecule has 3 aromatic carbocycles. The molecule has 1 saturated carbocycles. The van der Waals surface area contributed by atoms with E-state index in [-0.39, 0.29) is 6.42 Å². The Labute approximate surface area is 224 Å². The zero-order valence-electron chi connectivity index (χ0n) is 22.6. The fourth-order valence-corrected chi connectivity index (χ4v) is 6.02. The molecule has 0 radical (unpaired) electrons. The molecule has 0 atom stereocenters. The molecule has 3 aromatic rings. The molecule has 0 unspecified atom stereocenters. The number of hydrogen-bond donors (Lipinski definition) is 1. The molecule has 37 heavy (non-hydrogen) atoms. The van der Waals surface area contributed by atoms with Gasteiger partial charge in [-0.25, -0.2) is 0 Å². The zero-order valence-corrected chi connectivity index (χ0v) is 22.6. The van der Waals surface area contributed by atoms with Gasteiger partial charge >= 0.3 is 5.97 Å². The summed E-state index contributed by atoms with van der Waals surface area (Å²) in [5.41, 5.74) is 7.83. The quantitative estimate of drug-likeness (QED) is 0.239. The van der Waals surface area contributed by atoms with Gasteiger partial charge in [-0.15, -0.1) is 0 Å². The summed E-state index contributed by atoms with van der Waals surface area (Å²) in [6, 6.07) is 26.9. The number of rotatable bonds is 13. The first-order chi connectivity index (χ1) is 18.1. The first kappa shape index (κ1) is 27.2. The van der Waals surface area contributed by atoms with Gasteiger partial charge in [0.1, 0.15) is 0 Å². The maximum Gasteiger partial charge on any atom is 0.303 e. The average Bonchev–Trinajstić information content (AvgIpc) is 2.94. The standard InChI is InChI=1S/C35H44O2/c1-2-3-4-5-10-27-15-19-29(20-16-27)30-23-25-32(26-24-30)34-13-8-7-12-33(34)31-21-17-28(18-22-31)11-6-9-14-35(36)37/h7-8,12-13,17-18,21-27,29H,2-6,9-11,14-16,19-20H2,1H3,(H,36,37). The van der Waals surface area contributed by atoms with E-state index in [4.69, 9.17) is 5.11 Å². The maximum absolute atomic E-state index is 10.7. The molecule has 0 aliphatic heterocycles. The van der Waals surface area contributed by atoms with Crippen LogP contribution in [0, 0.1) is 5.92 Å². The van der Waals surface area contributed by atoms with Crippen molar-refractivity contribution in [3.05, 3.63) is 83.9 Å². The van der Waals surface area contributed by atoms with Gasteiger partial charge in [0.05, 0.1) is 0 Å². The second-order valence-electron chi connectivity index (χ2n) is 11.0. The molecule has 0 saturated heterocycles. The van der Waals surface area contributed by atoms with Crippen molar-refractivity contribution in [2.24, 2.45) is 5.92 Å². The van der Waals surface area contributed by atoms with Crippen LogP contribution >= 0.6 is 0 Å². The molecule has 0 spiro atoms. The molecule has 2 heteroatoms. The van der Waals surface area contributed by atoms with E-state index in [1.165, 1.54) is 91.2 Å². The lowest BCUT2D eigenvalue weighted by Crippen LogP contribution is -2.13. The Hall–Kier alpha value is -2.87. The summed E-state index contributed by atoms with van der Waals surface area (Å²) in [6.45, 7) is 2.29. The van der Waals surface area contributed by atoms with Crippen molar-refractivity contribution in [2.75, 3.05) is 0 Å². The van der Waals surface area contributed by atoms with E-state index in [1.54, 1.807) is 0 Å². The molecule has 1 N–H and O–H groups in total. The second-order valence-corrected chi connectivity index (χ2v) is 11.0. The van der Waals surface area contributed by atoms with Gasteiger partial charge in [-0.05, 0) is 90.2 Å². The number of carboxylic acids is 1. The van der Waals surface area contributed by atoms with Crippen molar-refractivity contribution >= 4 is 5.97 Å². The highest BCUT2D eigenvalue weighted by molar-refractivity contribution is 5.83. The lowest BCUT2D eigenvalue weighted by molar-refractivity contribution is -0.137. The molecule has 1 aliphatic rings. The second kappa shape index (κ2) is 14.2. The number of aliphatic carboxylic acids is 1. The Morgan fingerprint density at radius 3 is 1.95 bits per heavy atom. The van der Waals surface area contributed by atoms with Gasteiger partial charge < -0.3 is 5.11 Å². The molecule has 1 fully saturated rings. The Morgan fingerprint density at radius 1 is 0.730 bits per heavy atom. The normalized spacial score (nSPS) is 17.5. The zero-order chi connectivity index (χ0) is 25.9. The van der Waals surface area contributed by atoms with Crippen LogP contribution in [-0.4, -0.2) is 11.1 Å². The van der Waals surface area contributed by atoms with Gasteiger partial charge in [0.2, 0.25) is 0 Å². The van der Waals surface area contributed by atoms with Crippen LogP contribution in [0.25, 0.3) is 22.3 Å². The fourth-order valence-electron chi connectivity index (χ4n) is 6.02. The molecule has 0 amide bonds. The van der Waals surface area contributed by atoms with Crippen molar-refractivity contribution in [3.8, 4) is 22.3 Å². The third-order valence-electron chi connectivity index (χ3n) is 8.30. The lowest BCUT2D eigenvalue weighted by atomic mass is 9.77. The van der Waals surface area contributed by atoms with Crippen LogP contribution in [-0.2, 0) is 11.2 Å².